The molecule has 1 aliphatic heterocycles. The summed E-state index contributed by atoms with van der Waals surface area (Å²) in [5.41, 5.74) is 0. The lowest BCUT2D eigenvalue weighted by molar-refractivity contribution is 0.183. The van der Waals surface area contributed by atoms with Crippen molar-refractivity contribution >= 4 is 12.0 Å². The van der Waals surface area contributed by atoms with E-state index in [9.17, 15) is 4.79 Å². The van der Waals surface area contributed by atoms with Crippen LogP contribution in [0.1, 0.15) is 18.8 Å². The lowest BCUT2D eigenvalue weighted by Crippen LogP contribution is -2.52. The Balaban J connectivity index is 1.52. The molecule has 0 bridgehead atoms. The predicted molar refractivity (Wildman–Crippen MR) is 94.7 cm³/mol. The Morgan fingerprint density at radius 1 is 1.27 bits per heavy atom. The second-order valence-corrected chi connectivity index (χ2v) is 6.07. The van der Waals surface area contributed by atoms with Crippen LogP contribution in [0, 0.1) is 0 Å². The molecule has 0 spiro atoms. The minimum atomic E-state index is -0.239. The Kier molecular flexibility index (Phi) is 5.95. The molecular formula is C16H24N8O2. The summed E-state index contributed by atoms with van der Waals surface area (Å²) in [6.45, 7) is 5.76. The molecular weight excluding hydrogens is 336 g/mol. The molecule has 0 radical (unpaired) electrons. The van der Waals surface area contributed by atoms with Gasteiger partial charge in [-0.15, -0.1) is 10.2 Å². The molecule has 1 aliphatic rings. The summed E-state index contributed by atoms with van der Waals surface area (Å²) in [5.74, 6) is 1.42. The lowest BCUT2D eigenvalue weighted by atomic mass is 10.3. The Morgan fingerprint density at radius 2 is 2.00 bits per heavy atom. The molecule has 0 unspecified atom stereocenters. The monoisotopic (exact) mass is 360 g/mol. The van der Waals surface area contributed by atoms with Gasteiger partial charge >= 0.3 is 6.03 Å². The van der Waals surface area contributed by atoms with Gasteiger partial charge in [-0.1, -0.05) is 0 Å². The van der Waals surface area contributed by atoms with Crippen LogP contribution in [0.3, 0.4) is 0 Å². The number of ether oxygens (including phenoxy) is 1. The van der Waals surface area contributed by atoms with Crippen LogP contribution >= 0.6 is 0 Å². The molecule has 1 fully saturated rings. The van der Waals surface area contributed by atoms with Crippen molar-refractivity contribution in [1.82, 2.24) is 34.9 Å². The number of urea groups is 1. The normalized spacial score (nSPS) is 15.8. The number of anilines is 1. The average Bonchev–Trinajstić information content (AvgIpc) is 3.16. The van der Waals surface area contributed by atoms with Gasteiger partial charge in [-0.2, -0.15) is 0 Å². The second-order valence-electron chi connectivity index (χ2n) is 6.07. The van der Waals surface area contributed by atoms with Gasteiger partial charge in [0, 0.05) is 52.2 Å². The molecule has 1 N–H and O–H groups in total. The highest BCUT2D eigenvalue weighted by molar-refractivity contribution is 5.74. The zero-order valence-electron chi connectivity index (χ0n) is 15.1. The molecule has 0 aliphatic carbocycles. The van der Waals surface area contributed by atoms with Crippen molar-refractivity contribution in [3.8, 4) is 0 Å². The van der Waals surface area contributed by atoms with E-state index in [4.69, 9.17) is 4.74 Å². The van der Waals surface area contributed by atoms with E-state index in [1.54, 1.807) is 36.8 Å². The molecule has 0 aromatic carbocycles. The standard InChI is InChI=1S/C16H24N8O2/c1-13(14-21-19-12-24(14)10-11-26-2)20-16(25)23-8-6-22(7-9-23)15-17-4-3-5-18-15/h3-5,12-13H,6-11H2,1-2H3,(H,20,25)/t13-/m0/s1. The summed E-state index contributed by atoms with van der Waals surface area (Å²) in [4.78, 5) is 24.9. The summed E-state index contributed by atoms with van der Waals surface area (Å²) < 4.78 is 6.97. The number of nitrogens with one attached hydrogen (secondary N) is 1. The largest absolute Gasteiger partial charge is 0.383 e. The Morgan fingerprint density at radius 3 is 2.69 bits per heavy atom. The minimum absolute atomic E-state index is 0.104. The van der Waals surface area contributed by atoms with Crippen LogP contribution < -0.4 is 10.2 Å². The number of carbonyl (C=O) groups is 1. The molecule has 26 heavy (non-hydrogen) atoms. The molecule has 1 atom stereocenters. The van der Waals surface area contributed by atoms with E-state index in [2.05, 4.69) is 30.4 Å². The highest BCUT2D eigenvalue weighted by atomic mass is 16.5. The van der Waals surface area contributed by atoms with E-state index in [1.165, 1.54) is 0 Å². The molecule has 0 saturated carbocycles. The van der Waals surface area contributed by atoms with Gasteiger partial charge in [0.2, 0.25) is 5.95 Å². The van der Waals surface area contributed by atoms with Crippen LogP contribution in [0.25, 0.3) is 0 Å². The number of hydrogen-bond acceptors (Lipinski definition) is 7. The first-order valence-electron chi connectivity index (χ1n) is 8.63. The van der Waals surface area contributed by atoms with Crippen molar-refractivity contribution in [3.63, 3.8) is 0 Å². The van der Waals surface area contributed by atoms with Crippen molar-refractivity contribution in [2.24, 2.45) is 0 Å². The first-order valence-corrected chi connectivity index (χ1v) is 8.63. The number of aromatic nitrogens is 5. The molecule has 10 nitrogen and oxygen atoms in total. The fourth-order valence-electron chi connectivity index (χ4n) is 2.87. The number of piperazine rings is 1. The van der Waals surface area contributed by atoms with Crippen LogP contribution in [-0.2, 0) is 11.3 Å². The number of carbonyl (C=O) groups excluding carboxylic acids is 1. The molecule has 10 heteroatoms. The van der Waals surface area contributed by atoms with Crippen molar-refractivity contribution in [1.29, 1.82) is 0 Å². The molecule has 2 aromatic rings. The predicted octanol–water partition coefficient (Wildman–Crippen LogP) is 0.307. The third kappa shape index (κ3) is 4.26. The maximum Gasteiger partial charge on any atom is 0.318 e. The van der Waals surface area contributed by atoms with E-state index in [0.29, 0.717) is 51.1 Å². The van der Waals surface area contributed by atoms with Gasteiger partial charge in [-0.05, 0) is 13.0 Å². The maximum atomic E-state index is 12.6. The smallest absolute Gasteiger partial charge is 0.318 e. The van der Waals surface area contributed by atoms with E-state index < -0.39 is 0 Å². The van der Waals surface area contributed by atoms with E-state index in [-0.39, 0.29) is 12.1 Å². The van der Waals surface area contributed by atoms with Gasteiger partial charge in [0.25, 0.3) is 0 Å². The number of nitrogens with zero attached hydrogens (tertiary/aromatic N) is 7. The Hall–Kier alpha value is -2.75. The van der Waals surface area contributed by atoms with Crippen molar-refractivity contribution in [3.05, 3.63) is 30.6 Å². The first-order chi connectivity index (χ1) is 12.7. The highest BCUT2D eigenvalue weighted by Crippen LogP contribution is 2.12. The SMILES string of the molecule is COCCn1cnnc1[C@H](C)NC(=O)N1CCN(c2ncccn2)CC1. The number of rotatable bonds is 6. The van der Waals surface area contributed by atoms with Crippen LogP contribution in [0.5, 0.6) is 0 Å². The fraction of sp³-hybridized carbons (Fsp3) is 0.562. The molecule has 2 amide bonds. The molecule has 140 valence electrons. The molecule has 3 heterocycles. The van der Waals surface area contributed by atoms with Gasteiger partial charge in [0.1, 0.15) is 6.33 Å². The van der Waals surface area contributed by atoms with E-state index in [0.717, 1.165) is 0 Å². The van der Waals surface area contributed by atoms with Gasteiger partial charge in [0.05, 0.1) is 12.6 Å². The van der Waals surface area contributed by atoms with Crippen LogP contribution in [0.2, 0.25) is 0 Å². The number of methoxy groups -OCH3 is 1. The Labute approximate surface area is 152 Å². The lowest BCUT2D eigenvalue weighted by Gasteiger charge is -2.35. The molecule has 3 rings (SSSR count). The van der Waals surface area contributed by atoms with Crippen LogP contribution in [-0.4, -0.2) is 75.6 Å². The number of hydrogen-bond donors (Lipinski definition) is 1. The number of amides is 2. The minimum Gasteiger partial charge on any atom is -0.383 e. The van der Waals surface area contributed by atoms with Crippen LogP contribution in [0.4, 0.5) is 10.7 Å². The zero-order valence-corrected chi connectivity index (χ0v) is 15.1. The second kappa shape index (κ2) is 8.56. The Bertz CT molecular complexity index is 699. The fourth-order valence-corrected chi connectivity index (χ4v) is 2.87. The topological polar surface area (TPSA) is 101 Å². The summed E-state index contributed by atoms with van der Waals surface area (Å²) in [5, 5.41) is 11.0. The summed E-state index contributed by atoms with van der Waals surface area (Å²) >= 11 is 0. The van der Waals surface area contributed by atoms with E-state index >= 15 is 0 Å². The first kappa shape index (κ1) is 18.1. The van der Waals surface area contributed by atoms with E-state index in [1.807, 2.05) is 11.5 Å². The molecule has 1 saturated heterocycles. The van der Waals surface area contributed by atoms with Crippen molar-refractivity contribution in [2.45, 2.75) is 19.5 Å². The average molecular weight is 360 g/mol. The van der Waals surface area contributed by atoms with Crippen molar-refractivity contribution < 1.29 is 9.53 Å². The highest BCUT2D eigenvalue weighted by Gasteiger charge is 2.24. The zero-order chi connectivity index (χ0) is 18.4. The third-order valence-corrected chi connectivity index (χ3v) is 4.31. The summed E-state index contributed by atoms with van der Waals surface area (Å²) in [7, 11) is 1.65. The maximum absolute atomic E-state index is 12.6. The third-order valence-electron chi connectivity index (χ3n) is 4.31. The van der Waals surface area contributed by atoms with Crippen molar-refractivity contribution in [2.75, 3.05) is 44.8 Å². The molecule has 2 aromatic heterocycles. The van der Waals surface area contributed by atoms with Gasteiger partial charge in [-0.3, -0.25) is 0 Å². The van der Waals surface area contributed by atoms with Gasteiger partial charge < -0.3 is 24.4 Å². The van der Waals surface area contributed by atoms with Gasteiger partial charge in [-0.25, -0.2) is 14.8 Å². The van der Waals surface area contributed by atoms with Gasteiger partial charge in [0.15, 0.2) is 5.82 Å². The quantitative estimate of drug-likeness (QED) is 0.791. The summed E-state index contributed by atoms with van der Waals surface area (Å²) in [6, 6.07) is 1.45. The summed E-state index contributed by atoms with van der Waals surface area (Å²) in [6.07, 6.45) is 5.10. The van der Waals surface area contributed by atoms with Crippen LogP contribution in [0.15, 0.2) is 24.8 Å².